The van der Waals surface area contributed by atoms with E-state index in [0.717, 1.165) is 23.1 Å². The Balaban J connectivity index is 1.76. The molecule has 1 atom stereocenters. The zero-order valence-corrected chi connectivity index (χ0v) is 24.8. The van der Waals surface area contributed by atoms with E-state index in [1.165, 1.54) is 6.07 Å². The van der Waals surface area contributed by atoms with E-state index in [4.69, 9.17) is 14.5 Å². The Labute approximate surface area is 244 Å². The Bertz CT molecular complexity index is 1690. The molecule has 42 heavy (non-hydrogen) atoms. The van der Waals surface area contributed by atoms with Crippen molar-refractivity contribution < 1.29 is 28.6 Å². The smallest absolute Gasteiger partial charge is 0.337 e. The van der Waals surface area contributed by atoms with Crippen molar-refractivity contribution in [2.24, 2.45) is 7.05 Å². The first-order chi connectivity index (χ1) is 19.9. The number of pyridine rings is 1. The predicted octanol–water partition coefficient (Wildman–Crippen LogP) is 6.19. The molecule has 4 aromatic rings. The SMILES string of the molecule is Cc1nc2c(cc(C(=O)NCc3ccccc3)n2C)c(-c2cc(F)c3c(c2C)CCCO3)c1[C@H](OC(C)(C)C)C(=O)O. The van der Waals surface area contributed by atoms with Gasteiger partial charge in [-0.25, -0.2) is 14.2 Å². The van der Waals surface area contributed by atoms with Crippen molar-refractivity contribution in [2.45, 2.75) is 65.7 Å². The van der Waals surface area contributed by atoms with Gasteiger partial charge in [0.05, 0.1) is 12.2 Å². The Morgan fingerprint density at radius 2 is 1.90 bits per heavy atom. The minimum Gasteiger partial charge on any atom is -0.490 e. The molecule has 8 nitrogen and oxygen atoms in total. The highest BCUT2D eigenvalue weighted by molar-refractivity contribution is 6.04. The number of carbonyl (C=O) groups is 2. The third kappa shape index (κ3) is 5.48. The standard InChI is InChI=1S/C33H36FN3O5/c1-18-21-13-10-14-41-28(21)24(34)15-22(18)27-23-16-25(31(38)35-17-20-11-8-7-9-12-20)37(6)30(23)36-19(2)26(27)29(32(39)40)42-33(3,4)5/h7-9,11-12,15-16,29H,10,13-14,17H2,1-6H3,(H,35,38)(H,39,40)/t29-/m0/s1. The lowest BCUT2D eigenvalue weighted by Gasteiger charge is -2.29. The van der Waals surface area contributed by atoms with E-state index in [1.54, 1.807) is 45.4 Å². The van der Waals surface area contributed by atoms with E-state index in [9.17, 15) is 14.7 Å². The lowest BCUT2D eigenvalue weighted by molar-refractivity contribution is -0.160. The van der Waals surface area contributed by atoms with Gasteiger partial charge >= 0.3 is 5.97 Å². The Morgan fingerprint density at radius 3 is 2.57 bits per heavy atom. The molecule has 0 saturated heterocycles. The molecule has 1 aliphatic heterocycles. The number of carbonyl (C=O) groups excluding carboxylic acids is 1. The van der Waals surface area contributed by atoms with Crippen molar-refractivity contribution in [1.82, 2.24) is 14.9 Å². The van der Waals surface area contributed by atoms with Gasteiger partial charge in [-0.05, 0) is 76.3 Å². The minimum atomic E-state index is -1.39. The molecule has 220 valence electrons. The first kappa shape index (κ1) is 29.3. The van der Waals surface area contributed by atoms with Crippen molar-refractivity contribution in [2.75, 3.05) is 6.61 Å². The highest BCUT2D eigenvalue weighted by atomic mass is 19.1. The zero-order chi connectivity index (χ0) is 30.3. The van der Waals surface area contributed by atoms with Gasteiger partial charge in [0.25, 0.3) is 5.91 Å². The molecular weight excluding hydrogens is 537 g/mol. The molecule has 1 aliphatic rings. The van der Waals surface area contributed by atoms with Gasteiger partial charge < -0.3 is 24.5 Å². The fourth-order valence-electron chi connectivity index (χ4n) is 5.66. The van der Waals surface area contributed by atoms with Crippen LogP contribution in [0.5, 0.6) is 5.75 Å². The number of nitrogens with zero attached hydrogens (tertiary/aromatic N) is 2. The van der Waals surface area contributed by atoms with Crippen molar-refractivity contribution in [3.05, 3.63) is 81.9 Å². The van der Waals surface area contributed by atoms with Crippen LogP contribution in [0.2, 0.25) is 0 Å². The number of hydrogen-bond donors (Lipinski definition) is 2. The van der Waals surface area contributed by atoms with Crippen LogP contribution in [0, 0.1) is 19.7 Å². The number of aliphatic carboxylic acids is 1. The van der Waals surface area contributed by atoms with Gasteiger partial charge in [0.15, 0.2) is 17.7 Å². The summed E-state index contributed by atoms with van der Waals surface area (Å²) in [7, 11) is 1.74. The molecule has 0 radical (unpaired) electrons. The van der Waals surface area contributed by atoms with E-state index >= 15 is 4.39 Å². The molecule has 0 bridgehead atoms. The van der Waals surface area contributed by atoms with Gasteiger partial charge in [-0.1, -0.05) is 30.3 Å². The maximum atomic E-state index is 15.6. The highest BCUT2D eigenvalue weighted by Gasteiger charge is 2.34. The van der Waals surface area contributed by atoms with Crippen LogP contribution in [-0.4, -0.2) is 38.7 Å². The lowest BCUT2D eigenvalue weighted by atomic mass is 9.86. The zero-order valence-electron chi connectivity index (χ0n) is 24.8. The number of carboxylic acids is 1. The maximum Gasteiger partial charge on any atom is 0.337 e. The number of amides is 1. The van der Waals surface area contributed by atoms with Crippen molar-refractivity contribution >= 4 is 22.9 Å². The normalized spacial score (nSPS) is 13.9. The molecule has 3 heterocycles. The first-order valence-corrected chi connectivity index (χ1v) is 14.0. The van der Waals surface area contributed by atoms with Gasteiger partial charge in [0, 0.05) is 41.4 Å². The largest absolute Gasteiger partial charge is 0.490 e. The van der Waals surface area contributed by atoms with Gasteiger partial charge in [-0.15, -0.1) is 0 Å². The van der Waals surface area contributed by atoms with Gasteiger partial charge in [-0.2, -0.15) is 0 Å². The van der Waals surface area contributed by atoms with Crippen LogP contribution in [0.4, 0.5) is 4.39 Å². The molecule has 2 aromatic carbocycles. The number of nitrogens with one attached hydrogen (secondary N) is 1. The number of ether oxygens (including phenoxy) is 2. The molecule has 0 fully saturated rings. The Hall–Kier alpha value is -4.24. The third-order valence-corrected chi connectivity index (χ3v) is 7.60. The topological polar surface area (TPSA) is 103 Å². The van der Waals surface area contributed by atoms with E-state index in [1.807, 2.05) is 37.3 Å². The molecule has 2 aromatic heterocycles. The Morgan fingerprint density at radius 1 is 1.19 bits per heavy atom. The second-order valence-electron chi connectivity index (χ2n) is 11.7. The van der Waals surface area contributed by atoms with Crippen LogP contribution < -0.4 is 10.1 Å². The van der Waals surface area contributed by atoms with Crippen molar-refractivity contribution in [3.8, 4) is 16.9 Å². The molecule has 0 aliphatic carbocycles. The first-order valence-electron chi connectivity index (χ1n) is 14.0. The summed E-state index contributed by atoms with van der Waals surface area (Å²) < 4.78 is 29.0. The number of halogens is 1. The number of hydrogen-bond acceptors (Lipinski definition) is 5. The quantitative estimate of drug-likeness (QED) is 0.273. The molecule has 5 rings (SSSR count). The summed E-state index contributed by atoms with van der Waals surface area (Å²) in [4.78, 5) is 30.9. The summed E-state index contributed by atoms with van der Waals surface area (Å²) >= 11 is 0. The average Bonchev–Trinajstić information content (AvgIpc) is 3.27. The second kappa shape index (κ2) is 11.2. The molecule has 0 unspecified atom stereocenters. The van der Waals surface area contributed by atoms with E-state index in [2.05, 4.69) is 5.32 Å². The highest BCUT2D eigenvalue weighted by Crippen LogP contribution is 2.44. The molecule has 0 spiro atoms. The van der Waals surface area contributed by atoms with Crippen molar-refractivity contribution in [3.63, 3.8) is 0 Å². The maximum absolute atomic E-state index is 15.6. The van der Waals surface area contributed by atoms with Crippen LogP contribution in [0.25, 0.3) is 22.2 Å². The Kier molecular flexibility index (Phi) is 7.81. The minimum absolute atomic E-state index is 0.237. The monoisotopic (exact) mass is 573 g/mol. The van der Waals surface area contributed by atoms with E-state index in [-0.39, 0.29) is 11.7 Å². The van der Waals surface area contributed by atoms with Crippen molar-refractivity contribution in [1.29, 1.82) is 0 Å². The molecule has 9 heteroatoms. The van der Waals surface area contributed by atoms with E-state index < -0.39 is 23.5 Å². The van der Waals surface area contributed by atoms with Gasteiger partial charge in [0.2, 0.25) is 0 Å². The lowest BCUT2D eigenvalue weighted by Crippen LogP contribution is -2.28. The number of aryl methyl sites for hydroxylation is 2. The predicted molar refractivity (Wildman–Crippen MR) is 158 cm³/mol. The average molecular weight is 574 g/mol. The number of fused-ring (bicyclic) bond motifs is 2. The number of benzene rings is 2. The molecule has 2 N–H and O–H groups in total. The van der Waals surface area contributed by atoms with Crippen LogP contribution in [0.3, 0.4) is 0 Å². The molecular formula is C33H36FN3O5. The number of rotatable bonds is 7. The fourth-order valence-corrected chi connectivity index (χ4v) is 5.66. The third-order valence-electron chi connectivity index (χ3n) is 7.60. The summed E-state index contributed by atoms with van der Waals surface area (Å²) in [6, 6.07) is 12.7. The van der Waals surface area contributed by atoms with Gasteiger partial charge in [0.1, 0.15) is 11.3 Å². The summed E-state index contributed by atoms with van der Waals surface area (Å²) in [6.07, 6.45) is -0.00432. The second-order valence-corrected chi connectivity index (χ2v) is 11.7. The van der Waals surface area contributed by atoms with E-state index in [0.29, 0.717) is 58.7 Å². The summed E-state index contributed by atoms with van der Waals surface area (Å²) in [5, 5.41) is 13.9. The summed E-state index contributed by atoms with van der Waals surface area (Å²) in [6.45, 7) is 9.73. The summed E-state index contributed by atoms with van der Waals surface area (Å²) in [5.41, 5.74) is 4.26. The number of carboxylic acid groups (broad SMARTS) is 1. The van der Waals surface area contributed by atoms with Crippen LogP contribution >= 0.6 is 0 Å². The van der Waals surface area contributed by atoms with Crippen LogP contribution in [0.15, 0.2) is 42.5 Å². The van der Waals surface area contributed by atoms with Gasteiger partial charge in [-0.3, -0.25) is 4.79 Å². The fraction of sp³-hybridized carbons (Fsp3) is 0.364. The molecule has 1 amide bonds. The number of aromatic nitrogens is 2. The molecule has 0 saturated carbocycles. The van der Waals surface area contributed by atoms with Crippen LogP contribution in [0.1, 0.15) is 71.7 Å². The van der Waals surface area contributed by atoms with Crippen LogP contribution in [-0.2, 0) is 29.5 Å². The summed E-state index contributed by atoms with van der Waals surface area (Å²) in [5.74, 6) is -1.78.